The quantitative estimate of drug-likeness (QED) is 0.764. The fourth-order valence-electron chi connectivity index (χ4n) is 2.76. The van der Waals surface area contributed by atoms with Crippen LogP contribution < -0.4 is 5.32 Å². The van der Waals surface area contributed by atoms with Crippen molar-refractivity contribution in [2.24, 2.45) is 0 Å². The van der Waals surface area contributed by atoms with Crippen LogP contribution >= 0.6 is 0 Å². The Hall–Kier alpha value is -0.750. The Morgan fingerprint density at radius 3 is 2.78 bits per heavy atom. The molecule has 106 valence electrons. The summed E-state index contributed by atoms with van der Waals surface area (Å²) in [6.45, 7) is 2.13. The van der Waals surface area contributed by atoms with Gasteiger partial charge in [0.1, 0.15) is 5.54 Å². The summed E-state index contributed by atoms with van der Waals surface area (Å²) in [5.74, 6) is -0.875. The second-order valence-electron chi connectivity index (χ2n) is 5.00. The van der Waals surface area contributed by atoms with Crippen LogP contribution in [0.1, 0.15) is 32.6 Å². The number of nitrogens with zero attached hydrogens (tertiary/aromatic N) is 1. The lowest BCUT2D eigenvalue weighted by Crippen LogP contribution is -2.58. The molecule has 2 unspecified atom stereocenters. The standard InChI is InChI=1S/C12H22F2N2O2/c1-3-15-12(11(17)18)6-4-5-9(7-12)16(2)8-10(13)14/h9-10,15H,3-8H2,1-2H3,(H,17,18). The van der Waals surface area contributed by atoms with Gasteiger partial charge in [-0.05, 0) is 39.3 Å². The average molecular weight is 264 g/mol. The molecular formula is C12H22F2N2O2. The van der Waals surface area contributed by atoms with E-state index in [1.54, 1.807) is 11.9 Å². The first-order valence-corrected chi connectivity index (χ1v) is 6.38. The van der Waals surface area contributed by atoms with Crippen molar-refractivity contribution in [1.82, 2.24) is 10.2 Å². The van der Waals surface area contributed by atoms with E-state index in [0.29, 0.717) is 19.4 Å². The number of carboxylic acid groups (broad SMARTS) is 1. The Labute approximate surface area is 106 Å². The maximum absolute atomic E-state index is 12.4. The van der Waals surface area contributed by atoms with Crippen LogP contribution in [0.5, 0.6) is 0 Å². The third kappa shape index (κ3) is 3.62. The molecule has 0 spiro atoms. The zero-order valence-electron chi connectivity index (χ0n) is 11.0. The number of likely N-dealkylation sites (N-methyl/N-ethyl adjacent to an activating group) is 1. The van der Waals surface area contributed by atoms with Crippen LogP contribution in [0.3, 0.4) is 0 Å². The Kier molecular flexibility index (Phi) is 5.47. The summed E-state index contributed by atoms with van der Waals surface area (Å²) in [5, 5.41) is 12.4. The van der Waals surface area contributed by atoms with Crippen molar-refractivity contribution in [1.29, 1.82) is 0 Å². The molecule has 0 bridgehead atoms. The largest absolute Gasteiger partial charge is 0.480 e. The van der Waals surface area contributed by atoms with Gasteiger partial charge in [0.05, 0.1) is 6.54 Å². The van der Waals surface area contributed by atoms with E-state index >= 15 is 0 Å². The lowest BCUT2D eigenvalue weighted by Gasteiger charge is -2.41. The molecule has 0 aromatic carbocycles. The van der Waals surface area contributed by atoms with E-state index in [1.807, 2.05) is 6.92 Å². The van der Waals surface area contributed by atoms with Gasteiger partial charge in [-0.1, -0.05) is 6.92 Å². The molecule has 0 aromatic heterocycles. The zero-order chi connectivity index (χ0) is 13.8. The van der Waals surface area contributed by atoms with E-state index in [-0.39, 0.29) is 12.6 Å². The molecule has 1 fully saturated rings. The molecule has 0 amide bonds. The first-order valence-electron chi connectivity index (χ1n) is 6.38. The number of aliphatic carboxylic acids is 1. The second-order valence-corrected chi connectivity index (χ2v) is 5.00. The van der Waals surface area contributed by atoms with Gasteiger partial charge in [-0.2, -0.15) is 0 Å². The first-order chi connectivity index (χ1) is 8.41. The fourth-order valence-corrected chi connectivity index (χ4v) is 2.76. The normalized spacial score (nSPS) is 28.9. The minimum Gasteiger partial charge on any atom is -0.480 e. The van der Waals surface area contributed by atoms with Crippen LogP contribution in [-0.2, 0) is 4.79 Å². The van der Waals surface area contributed by atoms with Gasteiger partial charge in [0.25, 0.3) is 6.43 Å². The highest BCUT2D eigenvalue weighted by atomic mass is 19.3. The molecule has 0 aromatic rings. The highest BCUT2D eigenvalue weighted by Gasteiger charge is 2.43. The Morgan fingerprint density at radius 1 is 1.61 bits per heavy atom. The lowest BCUT2D eigenvalue weighted by atomic mass is 9.78. The fraction of sp³-hybridized carbons (Fsp3) is 0.917. The summed E-state index contributed by atoms with van der Waals surface area (Å²) in [6.07, 6.45) is 0.103. The van der Waals surface area contributed by atoms with Crippen molar-refractivity contribution in [2.75, 3.05) is 20.1 Å². The van der Waals surface area contributed by atoms with Gasteiger partial charge in [-0.15, -0.1) is 0 Å². The number of halogens is 2. The highest BCUT2D eigenvalue weighted by Crippen LogP contribution is 2.31. The zero-order valence-corrected chi connectivity index (χ0v) is 11.0. The number of alkyl halides is 2. The lowest BCUT2D eigenvalue weighted by molar-refractivity contribution is -0.147. The summed E-state index contributed by atoms with van der Waals surface area (Å²) < 4.78 is 24.7. The van der Waals surface area contributed by atoms with E-state index in [9.17, 15) is 18.7 Å². The molecule has 4 nitrogen and oxygen atoms in total. The van der Waals surface area contributed by atoms with E-state index in [2.05, 4.69) is 5.32 Å². The molecular weight excluding hydrogens is 242 g/mol. The molecule has 1 aliphatic rings. The molecule has 2 atom stereocenters. The Bertz CT molecular complexity index is 285. The van der Waals surface area contributed by atoms with Gasteiger partial charge >= 0.3 is 5.97 Å². The molecule has 0 aliphatic heterocycles. The van der Waals surface area contributed by atoms with E-state index in [4.69, 9.17) is 0 Å². The predicted octanol–water partition coefficient (Wildman–Crippen LogP) is 1.56. The number of nitrogens with one attached hydrogen (secondary N) is 1. The molecule has 0 radical (unpaired) electrons. The second kappa shape index (κ2) is 6.43. The van der Waals surface area contributed by atoms with Crippen LogP contribution in [0, 0.1) is 0 Å². The summed E-state index contributed by atoms with van der Waals surface area (Å²) in [5.41, 5.74) is -0.950. The summed E-state index contributed by atoms with van der Waals surface area (Å²) in [4.78, 5) is 13.0. The minimum absolute atomic E-state index is 0.0945. The minimum atomic E-state index is -2.38. The predicted molar refractivity (Wildman–Crippen MR) is 64.9 cm³/mol. The Balaban J connectivity index is 2.71. The number of carboxylic acids is 1. The molecule has 0 heterocycles. The third-order valence-corrected chi connectivity index (χ3v) is 3.70. The van der Waals surface area contributed by atoms with Gasteiger partial charge in [0, 0.05) is 6.04 Å². The topological polar surface area (TPSA) is 52.6 Å². The van der Waals surface area contributed by atoms with Gasteiger partial charge in [-0.25, -0.2) is 8.78 Å². The number of carbonyl (C=O) groups is 1. The van der Waals surface area contributed by atoms with Crippen LogP contribution in [0.2, 0.25) is 0 Å². The number of rotatable bonds is 6. The monoisotopic (exact) mass is 264 g/mol. The molecule has 2 N–H and O–H groups in total. The smallest absolute Gasteiger partial charge is 0.323 e. The molecule has 1 saturated carbocycles. The summed E-state index contributed by atoms with van der Waals surface area (Å²) in [6, 6.07) is -0.0945. The molecule has 1 rings (SSSR count). The Morgan fingerprint density at radius 2 is 2.28 bits per heavy atom. The highest BCUT2D eigenvalue weighted by molar-refractivity contribution is 5.79. The first kappa shape index (κ1) is 15.3. The van der Waals surface area contributed by atoms with Crippen molar-refractivity contribution in [3.63, 3.8) is 0 Å². The molecule has 0 saturated heterocycles. The van der Waals surface area contributed by atoms with Crippen molar-refractivity contribution >= 4 is 5.97 Å². The van der Waals surface area contributed by atoms with Crippen molar-refractivity contribution in [3.8, 4) is 0 Å². The number of hydrogen-bond acceptors (Lipinski definition) is 3. The van der Waals surface area contributed by atoms with Gasteiger partial charge < -0.3 is 10.4 Å². The third-order valence-electron chi connectivity index (χ3n) is 3.70. The van der Waals surface area contributed by atoms with E-state index in [0.717, 1.165) is 12.8 Å². The van der Waals surface area contributed by atoms with E-state index < -0.39 is 17.9 Å². The summed E-state index contributed by atoms with van der Waals surface area (Å²) in [7, 11) is 1.64. The SMILES string of the molecule is CCNC1(C(=O)O)CCCC(N(C)CC(F)F)C1. The molecule has 18 heavy (non-hydrogen) atoms. The van der Waals surface area contributed by atoms with Crippen molar-refractivity contribution in [2.45, 2.75) is 50.6 Å². The van der Waals surface area contributed by atoms with Gasteiger partial charge in [0.2, 0.25) is 0 Å². The van der Waals surface area contributed by atoms with E-state index in [1.165, 1.54) is 0 Å². The summed E-state index contributed by atoms with van der Waals surface area (Å²) >= 11 is 0. The van der Waals surface area contributed by atoms with Crippen LogP contribution in [-0.4, -0.2) is 54.1 Å². The van der Waals surface area contributed by atoms with Crippen molar-refractivity contribution < 1.29 is 18.7 Å². The van der Waals surface area contributed by atoms with Crippen LogP contribution in [0.15, 0.2) is 0 Å². The van der Waals surface area contributed by atoms with Crippen LogP contribution in [0.4, 0.5) is 8.78 Å². The molecule has 6 heteroatoms. The number of hydrogen-bond donors (Lipinski definition) is 2. The maximum Gasteiger partial charge on any atom is 0.323 e. The maximum atomic E-state index is 12.4. The molecule has 1 aliphatic carbocycles. The van der Waals surface area contributed by atoms with Gasteiger partial charge in [0.15, 0.2) is 0 Å². The van der Waals surface area contributed by atoms with Gasteiger partial charge in [-0.3, -0.25) is 9.69 Å². The van der Waals surface area contributed by atoms with Crippen molar-refractivity contribution in [3.05, 3.63) is 0 Å². The van der Waals surface area contributed by atoms with Crippen LogP contribution in [0.25, 0.3) is 0 Å². The average Bonchev–Trinajstić information content (AvgIpc) is 2.28.